The first-order valence-corrected chi connectivity index (χ1v) is 6.49. The van der Waals surface area contributed by atoms with Gasteiger partial charge in [0.2, 0.25) is 5.22 Å². The van der Waals surface area contributed by atoms with Crippen LogP contribution in [0.3, 0.4) is 0 Å². The third-order valence-electron chi connectivity index (χ3n) is 3.73. The highest BCUT2D eigenvalue weighted by Crippen LogP contribution is 2.29. The zero-order valence-corrected chi connectivity index (χ0v) is 11.0. The summed E-state index contributed by atoms with van der Waals surface area (Å²) in [6.45, 7) is 2.21. The SMILES string of the molecule is CC1CCCCC1N(C)C(=O)c1ccoc1Cl. The summed E-state index contributed by atoms with van der Waals surface area (Å²) in [6, 6.07) is 1.96. The first-order valence-electron chi connectivity index (χ1n) is 6.11. The van der Waals surface area contributed by atoms with Crippen LogP contribution in [-0.4, -0.2) is 23.9 Å². The first-order chi connectivity index (χ1) is 8.11. The van der Waals surface area contributed by atoms with Crippen molar-refractivity contribution in [1.29, 1.82) is 0 Å². The van der Waals surface area contributed by atoms with Crippen LogP contribution in [0.1, 0.15) is 43.0 Å². The van der Waals surface area contributed by atoms with Crippen molar-refractivity contribution in [2.45, 2.75) is 38.6 Å². The average Bonchev–Trinajstić information content (AvgIpc) is 2.74. The van der Waals surface area contributed by atoms with Crippen LogP contribution in [0.5, 0.6) is 0 Å². The van der Waals surface area contributed by atoms with Crippen LogP contribution in [-0.2, 0) is 0 Å². The Kier molecular flexibility index (Phi) is 3.77. The van der Waals surface area contributed by atoms with Crippen molar-refractivity contribution in [3.63, 3.8) is 0 Å². The summed E-state index contributed by atoms with van der Waals surface area (Å²) in [5, 5.41) is 0.185. The van der Waals surface area contributed by atoms with Gasteiger partial charge in [-0.05, 0) is 36.4 Å². The fourth-order valence-corrected chi connectivity index (χ4v) is 2.85. The van der Waals surface area contributed by atoms with Crippen molar-refractivity contribution in [2.75, 3.05) is 7.05 Å². The summed E-state index contributed by atoms with van der Waals surface area (Å²) in [5.74, 6) is 0.519. The molecule has 1 aromatic rings. The Balaban J connectivity index is 2.11. The molecule has 3 nitrogen and oxygen atoms in total. The molecule has 2 atom stereocenters. The molecule has 4 heteroatoms. The van der Waals surface area contributed by atoms with E-state index in [1.807, 2.05) is 11.9 Å². The average molecular weight is 256 g/mol. The number of halogens is 1. The minimum Gasteiger partial charge on any atom is -0.452 e. The van der Waals surface area contributed by atoms with Gasteiger partial charge < -0.3 is 9.32 Å². The van der Waals surface area contributed by atoms with Gasteiger partial charge >= 0.3 is 0 Å². The van der Waals surface area contributed by atoms with E-state index < -0.39 is 0 Å². The van der Waals surface area contributed by atoms with Crippen molar-refractivity contribution in [3.8, 4) is 0 Å². The van der Waals surface area contributed by atoms with E-state index in [4.69, 9.17) is 16.0 Å². The fraction of sp³-hybridized carbons (Fsp3) is 0.615. The van der Waals surface area contributed by atoms with Crippen LogP contribution in [0.4, 0.5) is 0 Å². The fourth-order valence-electron chi connectivity index (χ4n) is 2.66. The minimum atomic E-state index is -0.0394. The van der Waals surface area contributed by atoms with E-state index >= 15 is 0 Å². The molecule has 1 aliphatic carbocycles. The van der Waals surface area contributed by atoms with Gasteiger partial charge in [-0.1, -0.05) is 19.8 Å². The third-order valence-corrected chi connectivity index (χ3v) is 4.03. The van der Waals surface area contributed by atoms with Gasteiger partial charge in [0, 0.05) is 13.1 Å². The quantitative estimate of drug-likeness (QED) is 0.809. The van der Waals surface area contributed by atoms with Gasteiger partial charge in [0.1, 0.15) is 0 Å². The van der Waals surface area contributed by atoms with Crippen molar-refractivity contribution >= 4 is 17.5 Å². The maximum atomic E-state index is 12.3. The van der Waals surface area contributed by atoms with Gasteiger partial charge in [0.25, 0.3) is 5.91 Å². The van der Waals surface area contributed by atoms with E-state index in [2.05, 4.69) is 6.92 Å². The lowest BCUT2D eigenvalue weighted by atomic mass is 9.85. The second kappa shape index (κ2) is 5.13. The summed E-state index contributed by atoms with van der Waals surface area (Å²) in [4.78, 5) is 14.1. The molecule has 0 bridgehead atoms. The van der Waals surface area contributed by atoms with Crippen LogP contribution in [0, 0.1) is 5.92 Å². The Morgan fingerprint density at radius 3 is 2.76 bits per heavy atom. The monoisotopic (exact) mass is 255 g/mol. The molecule has 0 N–H and O–H groups in total. The molecule has 1 aromatic heterocycles. The van der Waals surface area contributed by atoms with Gasteiger partial charge in [0.05, 0.1) is 11.8 Å². The molecule has 1 amide bonds. The van der Waals surface area contributed by atoms with E-state index in [0.717, 1.165) is 6.42 Å². The standard InChI is InChI=1S/C13H18ClNO2/c1-9-5-3-4-6-11(9)15(2)13(16)10-7-8-17-12(10)14/h7-9,11H,3-6H2,1-2H3. The van der Waals surface area contributed by atoms with Crippen molar-refractivity contribution in [3.05, 3.63) is 23.1 Å². The summed E-state index contributed by atoms with van der Waals surface area (Å²) in [5.41, 5.74) is 0.465. The van der Waals surface area contributed by atoms with E-state index in [1.165, 1.54) is 25.5 Å². The normalized spacial score (nSPS) is 24.6. The lowest BCUT2D eigenvalue weighted by Crippen LogP contribution is -2.42. The molecule has 0 radical (unpaired) electrons. The number of rotatable bonds is 2. The molecule has 0 spiro atoms. The van der Waals surface area contributed by atoms with E-state index in [-0.39, 0.29) is 11.1 Å². The minimum absolute atomic E-state index is 0.0394. The molecule has 0 saturated heterocycles. The molecule has 94 valence electrons. The van der Waals surface area contributed by atoms with Gasteiger partial charge in [-0.25, -0.2) is 0 Å². The maximum absolute atomic E-state index is 12.3. The molecule has 1 heterocycles. The highest BCUT2D eigenvalue weighted by Gasteiger charge is 2.29. The smallest absolute Gasteiger partial charge is 0.258 e. The van der Waals surface area contributed by atoms with Crippen molar-refractivity contribution in [1.82, 2.24) is 4.90 Å². The molecule has 0 aliphatic heterocycles. The second-order valence-corrected chi connectivity index (χ2v) is 5.20. The van der Waals surface area contributed by atoms with Crippen LogP contribution in [0.15, 0.2) is 16.7 Å². The summed E-state index contributed by atoms with van der Waals surface area (Å²) >= 11 is 5.84. The van der Waals surface area contributed by atoms with Crippen molar-refractivity contribution < 1.29 is 9.21 Å². The third kappa shape index (κ3) is 2.49. The van der Waals surface area contributed by atoms with Crippen LogP contribution < -0.4 is 0 Å². The number of hydrogen-bond donors (Lipinski definition) is 0. The van der Waals surface area contributed by atoms with Gasteiger partial charge in [0.15, 0.2) is 0 Å². The molecule has 17 heavy (non-hydrogen) atoms. The zero-order chi connectivity index (χ0) is 12.4. The lowest BCUT2D eigenvalue weighted by molar-refractivity contribution is 0.0628. The molecular formula is C13H18ClNO2. The van der Waals surface area contributed by atoms with E-state index in [0.29, 0.717) is 17.5 Å². The number of carbonyl (C=O) groups is 1. The van der Waals surface area contributed by atoms with Crippen molar-refractivity contribution in [2.24, 2.45) is 5.92 Å². The van der Waals surface area contributed by atoms with Crippen LogP contribution in [0.25, 0.3) is 0 Å². The first kappa shape index (κ1) is 12.5. The Morgan fingerprint density at radius 2 is 2.18 bits per heavy atom. The summed E-state index contributed by atoms with van der Waals surface area (Å²) in [6.07, 6.45) is 6.20. The maximum Gasteiger partial charge on any atom is 0.258 e. The predicted molar refractivity (Wildman–Crippen MR) is 67.2 cm³/mol. The molecule has 0 aromatic carbocycles. The molecular weight excluding hydrogens is 238 g/mol. The van der Waals surface area contributed by atoms with E-state index in [9.17, 15) is 4.79 Å². The Morgan fingerprint density at radius 1 is 1.47 bits per heavy atom. The highest BCUT2D eigenvalue weighted by molar-refractivity contribution is 6.32. The largest absolute Gasteiger partial charge is 0.452 e. The number of carbonyl (C=O) groups excluding carboxylic acids is 1. The topological polar surface area (TPSA) is 33.5 Å². The molecule has 1 saturated carbocycles. The van der Waals surface area contributed by atoms with Crippen LogP contribution in [0.2, 0.25) is 5.22 Å². The summed E-state index contributed by atoms with van der Waals surface area (Å²) in [7, 11) is 1.86. The van der Waals surface area contributed by atoms with Gasteiger partial charge in [-0.15, -0.1) is 0 Å². The summed E-state index contributed by atoms with van der Waals surface area (Å²) < 4.78 is 4.97. The van der Waals surface area contributed by atoms with E-state index in [1.54, 1.807) is 6.07 Å². The number of furan rings is 1. The Bertz CT molecular complexity index is 402. The number of nitrogens with zero attached hydrogens (tertiary/aromatic N) is 1. The lowest BCUT2D eigenvalue weighted by Gasteiger charge is -2.36. The number of amides is 1. The molecule has 2 unspecified atom stereocenters. The predicted octanol–water partition coefficient (Wildman–Crippen LogP) is 3.58. The highest BCUT2D eigenvalue weighted by atomic mass is 35.5. The van der Waals surface area contributed by atoms with Crippen LogP contribution >= 0.6 is 11.6 Å². The molecule has 2 rings (SSSR count). The molecule has 1 aliphatic rings. The van der Waals surface area contributed by atoms with Gasteiger partial charge in [-0.3, -0.25) is 4.79 Å². The van der Waals surface area contributed by atoms with Gasteiger partial charge in [-0.2, -0.15) is 0 Å². The molecule has 1 fully saturated rings. The second-order valence-electron chi connectivity index (χ2n) is 4.85. The Hall–Kier alpha value is -0.960. The Labute approximate surface area is 107 Å². The number of hydrogen-bond acceptors (Lipinski definition) is 2. The zero-order valence-electron chi connectivity index (χ0n) is 10.3.